The third kappa shape index (κ3) is 2.69. The van der Waals surface area contributed by atoms with Crippen molar-refractivity contribution >= 4 is 23.4 Å². The SMILES string of the molecule is COC(=O)CSc1n[nH]c(C)c1[N+](=O)[O-]. The summed E-state index contributed by atoms with van der Waals surface area (Å²) in [7, 11) is 1.26. The van der Waals surface area contributed by atoms with Crippen molar-refractivity contribution in [1.82, 2.24) is 10.2 Å². The second kappa shape index (κ2) is 4.78. The number of hydrogen-bond acceptors (Lipinski definition) is 6. The third-order valence-corrected chi connectivity index (χ3v) is 2.56. The largest absolute Gasteiger partial charge is 0.468 e. The average Bonchev–Trinajstić information content (AvgIpc) is 2.56. The molecule has 0 spiro atoms. The van der Waals surface area contributed by atoms with E-state index in [0.717, 1.165) is 11.8 Å². The van der Waals surface area contributed by atoms with Gasteiger partial charge in [0.15, 0.2) is 5.03 Å². The van der Waals surface area contributed by atoms with Gasteiger partial charge in [-0.1, -0.05) is 11.8 Å². The lowest BCUT2D eigenvalue weighted by Crippen LogP contribution is -2.03. The standard InChI is InChI=1S/C7H9N3O4S/c1-4-6(10(12)13)7(9-8-4)15-3-5(11)14-2/h3H2,1-2H3,(H,8,9). The molecule has 0 aromatic carbocycles. The molecule has 0 aliphatic carbocycles. The van der Waals surface area contributed by atoms with E-state index in [1.165, 1.54) is 7.11 Å². The Morgan fingerprint density at radius 3 is 2.93 bits per heavy atom. The normalized spacial score (nSPS) is 10.0. The van der Waals surface area contributed by atoms with Gasteiger partial charge in [-0.25, -0.2) is 0 Å². The molecule has 0 aliphatic heterocycles. The fourth-order valence-electron chi connectivity index (χ4n) is 0.903. The number of carbonyl (C=O) groups is 1. The second-order valence-electron chi connectivity index (χ2n) is 2.62. The van der Waals surface area contributed by atoms with Crippen LogP contribution in [0.4, 0.5) is 5.69 Å². The van der Waals surface area contributed by atoms with Crippen LogP contribution in [-0.2, 0) is 9.53 Å². The first-order valence-electron chi connectivity index (χ1n) is 3.95. The summed E-state index contributed by atoms with van der Waals surface area (Å²) in [5, 5.41) is 17.1. The maximum absolute atomic E-state index is 10.8. The van der Waals surface area contributed by atoms with Gasteiger partial charge in [-0.05, 0) is 6.92 Å². The number of hydrogen-bond donors (Lipinski definition) is 1. The van der Waals surface area contributed by atoms with Crippen molar-refractivity contribution in [2.75, 3.05) is 12.9 Å². The number of ether oxygens (including phenoxy) is 1. The molecule has 0 aliphatic rings. The zero-order valence-corrected chi connectivity index (χ0v) is 8.96. The van der Waals surface area contributed by atoms with E-state index in [0.29, 0.717) is 5.69 Å². The van der Waals surface area contributed by atoms with E-state index < -0.39 is 10.9 Å². The maximum Gasteiger partial charge on any atom is 0.323 e. The number of H-pyrrole nitrogens is 1. The van der Waals surface area contributed by atoms with Gasteiger partial charge in [-0.3, -0.25) is 20.0 Å². The van der Waals surface area contributed by atoms with E-state index in [1.807, 2.05) is 0 Å². The van der Waals surface area contributed by atoms with Gasteiger partial charge in [0.2, 0.25) is 0 Å². The summed E-state index contributed by atoms with van der Waals surface area (Å²) >= 11 is 0.970. The zero-order chi connectivity index (χ0) is 11.4. The van der Waals surface area contributed by atoms with Gasteiger partial charge < -0.3 is 4.74 Å². The van der Waals surface area contributed by atoms with Crippen LogP contribution in [0.15, 0.2) is 5.03 Å². The summed E-state index contributed by atoms with van der Waals surface area (Å²) in [5.41, 5.74) is 0.274. The Bertz CT molecular complexity index is 390. The minimum absolute atomic E-state index is 0.00162. The van der Waals surface area contributed by atoms with Gasteiger partial charge in [0, 0.05) is 0 Å². The number of rotatable bonds is 4. The number of nitrogens with zero attached hydrogens (tertiary/aromatic N) is 2. The van der Waals surface area contributed by atoms with Crippen molar-refractivity contribution in [3.05, 3.63) is 15.8 Å². The minimum Gasteiger partial charge on any atom is -0.468 e. The zero-order valence-electron chi connectivity index (χ0n) is 8.14. The van der Waals surface area contributed by atoms with Crippen LogP contribution in [0.1, 0.15) is 5.69 Å². The van der Waals surface area contributed by atoms with Gasteiger partial charge in [-0.15, -0.1) is 0 Å². The Morgan fingerprint density at radius 2 is 2.40 bits per heavy atom. The van der Waals surface area contributed by atoms with Crippen LogP contribution in [0.2, 0.25) is 0 Å². The molecule has 0 radical (unpaired) electrons. The topological polar surface area (TPSA) is 98.1 Å². The Kier molecular flexibility index (Phi) is 3.67. The van der Waals surface area contributed by atoms with Crippen molar-refractivity contribution in [2.24, 2.45) is 0 Å². The molecule has 1 heterocycles. The lowest BCUT2D eigenvalue weighted by atomic mass is 10.4. The first-order valence-corrected chi connectivity index (χ1v) is 4.93. The summed E-state index contributed by atoms with van der Waals surface area (Å²) < 4.78 is 4.41. The quantitative estimate of drug-likeness (QED) is 0.357. The van der Waals surface area contributed by atoms with Crippen molar-refractivity contribution in [3.63, 3.8) is 0 Å². The number of aromatic amines is 1. The molecule has 8 heteroatoms. The fourth-order valence-corrected chi connectivity index (χ4v) is 1.75. The highest BCUT2D eigenvalue weighted by Crippen LogP contribution is 2.29. The molecule has 0 fully saturated rings. The van der Waals surface area contributed by atoms with E-state index in [2.05, 4.69) is 14.9 Å². The molecule has 0 saturated carbocycles. The second-order valence-corrected chi connectivity index (χ2v) is 3.59. The molecule has 82 valence electrons. The van der Waals surface area contributed by atoms with E-state index >= 15 is 0 Å². The number of methoxy groups -OCH3 is 1. The fraction of sp³-hybridized carbons (Fsp3) is 0.429. The predicted octanol–water partition coefficient (Wildman–Crippen LogP) is 0.891. The van der Waals surface area contributed by atoms with Gasteiger partial charge >= 0.3 is 11.7 Å². The number of aryl methyl sites for hydroxylation is 1. The Hall–Kier alpha value is -1.57. The monoisotopic (exact) mass is 231 g/mol. The van der Waals surface area contributed by atoms with E-state index in [1.54, 1.807) is 6.92 Å². The highest BCUT2D eigenvalue weighted by atomic mass is 32.2. The number of thioether (sulfide) groups is 1. The van der Waals surface area contributed by atoms with E-state index in [9.17, 15) is 14.9 Å². The molecular weight excluding hydrogens is 222 g/mol. The van der Waals surface area contributed by atoms with Crippen LogP contribution in [0.5, 0.6) is 0 Å². The number of nitrogens with one attached hydrogen (secondary N) is 1. The van der Waals surface area contributed by atoms with Crippen LogP contribution < -0.4 is 0 Å². The molecule has 0 saturated heterocycles. The summed E-state index contributed by atoms with van der Waals surface area (Å²) in [5.74, 6) is -0.447. The van der Waals surface area contributed by atoms with Crippen LogP contribution in [0.25, 0.3) is 0 Å². The van der Waals surface area contributed by atoms with E-state index in [-0.39, 0.29) is 16.5 Å². The van der Waals surface area contributed by atoms with Crippen LogP contribution >= 0.6 is 11.8 Å². The molecule has 0 atom stereocenters. The molecular formula is C7H9N3O4S. The third-order valence-electron chi connectivity index (χ3n) is 1.62. The van der Waals surface area contributed by atoms with Gasteiger partial charge in [0.05, 0.1) is 17.8 Å². The maximum atomic E-state index is 10.8. The van der Waals surface area contributed by atoms with Crippen molar-refractivity contribution in [1.29, 1.82) is 0 Å². The summed E-state index contributed by atoms with van der Waals surface area (Å²) in [4.78, 5) is 20.9. The van der Waals surface area contributed by atoms with Crippen molar-refractivity contribution < 1.29 is 14.5 Å². The Balaban J connectivity index is 2.77. The van der Waals surface area contributed by atoms with Crippen molar-refractivity contribution in [2.45, 2.75) is 11.9 Å². The van der Waals surface area contributed by atoms with Gasteiger partial charge in [-0.2, -0.15) is 5.10 Å². The molecule has 1 aromatic heterocycles. The summed E-state index contributed by atoms with van der Waals surface area (Å²) in [6.45, 7) is 1.55. The number of esters is 1. The summed E-state index contributed by atoms with van der Waals surface area (Å²) in [6.07, 6.45) is 0. The lowest BCUT2D eigenvalue weighted by molar-refractivity contribution is -0.388. The first kappa shape index (κ1) is 11.5. The van der Waals surface area contributed by atoms with Crippen LogP contribution in [-0.4, -0.2) is 34.0 Å². The smallest absolute Gasteiger partial charge is 0.323 e. The molecule has 0 amide bonds. The van der Waals surface area contributed by atoms with Crippen LogP contribution in [0.3, 0.4) is 0 Å². The highest BCUT2D eigenvalue weighted by molar-refractivity contribution is 8.00. The Labute approximate surface area is 89.3 Å². The predicted molar refractivity (Wildman–Crippen MR) is 52.7 cm³/mol. The highest BCUT2D eigenvalue weighted by Gasteiger charge is 2.22. The molecule has 1 N–H and O–H groups in total. The molecule has 7 nitrogen and oxygen atoms in total. The lowest BCUT2D eigenvalue weighted by Gasteiger charge is -1.96. The minimum atomic E-state index is -0.529. The first-order chi connectivity index (χ1) is 7.06. The molecule has 1 aromatic rings. The van der Waals surface area contributed by atoms with Gasteiger partial charge in [0.1, 0.15) is 5.69 Å². The molecule has 15 heavy (non-hydrogen) atoms. The van der Waals surface area contributed by atoms with Gasteiger partial charge in [0.25, 0.3) is 0 Å². The summed E-state index contributed by atoms with van der Waals surface area (Å²) in [6, 6.07) is 0. The Morgan fingerprint density at radius 1 is 1.73 bits per heavy atom. The van der Waals surface area contributed by atoms with Crippen molar-refractivity contribution in [3.8, 4) is 0 Å². The molecule has 0 bridgehead atoms. The molecule has 0 unspecified atom stereocenters. The number of carbonyl (C=O) groups excluding carboxylic acids is 1. The number of nitro groups is 1. The van der Waals surface area contributed by atoms with E-state index in [4.69, 9.17) is 0 Å². The van der Waals surface area contributed by atoms with Crippen LogP contribution in [0, 0.1) is 17.0 Å². The molecule has 1 rings (SSSR count). The number of aromatic nitrogens is 2. The average molecular weight is 231 g/mol.